The van der Waals surface area contributed by atoms with Crippen molar-refractivity contribution in [2.45, 2.75) is 57.8 Å². The second-order valence-electron chi connectivity index (χ2n) is 8.77. The lowest BCUT2D eigenvalue weighted by Gasteiger charge is -2.45. The van der Waals surface area contributed by atoms with Crippen LogP contribution in [0.1, 0.15) is 68.4 Å². The van der Waals surface area contributed by atoms with Crippen molar-refractivity contribution in [3.05, 3.63) is 12.2 Å². The van der Waals surface area contributed by atoms with Gasteiger partial charge in [0.1, 0.15) is 6.33 Å². The summed E-state index contributed by atoms with van der Waals surface area (Å²) in [6.07, 6.45) is 11.5. The van der Waals surface area contributed by atoms with Crippen LogP contribution in [0.3, 0.4) is 0 Å². The molecule has 0 N–H and O–H groups in total. The molecule has 7 heteroatoms. The highest BCUT2D eigenvalue weighted by molar-refractivity contribution is 5.90. The molecule has 1 aliphatic carbocycles. The second-order valence-corrected chi connectivity index (χ2v) is 8.77. The van der Waals surface area contributed by atoms with E-state index >= 15 is 0 Å². The zero-order chi connectivity index (χ0) is 18.9. The van der Waals surface area contributed by atoms with E-state index in [4.69, 9.17) is 0 Å². The standard InChI is InChI=1S/C20H31N5O2/c1-23-15-21-18(22-23)19(27)25-12-8-20(9-13-25)6-4-16(5-7-20)14-17(26)24-10-2-3-11-24/h15-16H,2-14H2,1H3. The van der Waals surface area contributed by atoms with E-state index in [-0.39, 0.29) is 5.91 Å². The largest absolute Gasteiger partial charge is 0.343 e. The van der Waals surface area contributed by atoms with E-state index in [9.17, 15) is 9.59 Å². The number of aryl methyl sites for hydroxylation is 1. The van der Waals surface area contributed by atoms with Gasteiger partial charge in [-0.3, -0.25) is 14.3 Å². The van der Waals surface area contributed by atoms with Gasteiger partial charge in [0.15, 0.2) is 0 Å². The Bertz CT molecular complexity index is 676. The van der Waals surface area contributed by atoms with Crippen LogP contribution < -0.4 is 0 Å². The van der Waals surface area contributed by atoms with Crippen molar-refractivity contribution in [1.29, 1.82) is 0 Å². The van der Waals surface area contributed by atoms with Crippen LogP contribution in [-0.4, -0.2) is 62.6 Å². The van der Waals surface area contributed by atoms with Gasteiger partial charge in [0.25, 0.3) is 5.91 Å². The van der Waals surface area contributed by atoms with Gasteiger partial charge >= 0.3 is 0 Å². The van der Waals surface area contributed by atoms with E-state index in [1.54, 1.807) is 18.1 Å². The Balaban J connectivity index is 1.25. The van der Waals surface area contributed by atoms with Gasteiger partial charge in [-0.25, -0.2) is 4.98 Å². The summed E-state index contributed by atoms with van der Waals surface area (Å²) in [6.45, 7) is 3.53. The van der Waals surface area contributed by atoms with Crippen molar-refractivity contribution in [3.8, 4) is 0 Å². The molecule has 1 spiro atoms. The molecule has 3 aliphatic rings. The van der Waals surface area contributed by atoms with E-state index in [2.05, 4.69) is 15.0 Å². The van der Waals surface area contributed by atoms with Crippen LogP contribution in [0.15, 0.2) is 6.33 Å². The Morgan fingerprint density at radius 2 is 1.70 bits per heavy atom. The molecule has 1 saturated carbocycles. The van der Waals surface area contributed by atoms with E-state index in [1.807, 2.05) is 4.90 Å². The summed E-state index contributed by atoms with van der Waals surface area (Å²) in [5.74, 6) is 1.19. The van der Waals surface area contributed by atoms with E-state index in [0.717, 1.165) is 58.3 Å². The molecule has 7 nitrogen and oxygen atoms in total. The molecule has 27 heavy (non-hydrogen) atoms. The van der Waals surface area contributed by atoms with Gasteiger partial charge in [0.05, 0.1) is 0 Å². The Hall–Kier alpha value is -1.92. The van der Waals surface area contributed by atoms with Crippen LogP contribution >= 0.6 is 0 Å². The molecule has 0 unspecified atom stereocenters. The minimum absolute atomic E-state index is 0.0460. The molecule has 3 heterocycles. The van der Waals surface area contributed by atoms with Crippen LogP contribution in [0.25, 0.3) is 0 Å². The lowest BCUT2D eigenvalue weighted by atomic mass is 9.65. The maximum absolute atomic E-state index is 12.5. The SMILES string of the molecule is Cn1cnc(C(=O)N2CCC3(CCC(CC(=O)N4CCCC4)CC3)CC2)n1. The quantitative estimate of drug-likeness (QED) is 0.815. The number of carbonyl (C=O) groups is 2. The lowest BCUT2D eigenvalue weighted by molar-refractivity contribution is -0.131. The summed E-state index contributed by atoms with van der Waals surface area (Å²) in [6, 6.07) is 0. The van der Waals surface area contributed by atoms with Gasteiger partial charge in [0.2, 0.25) is 11.7 Å². The van der Waals surface area contributed by atoms with Crippen molar-refractivity contribution >= 4 is 11.8 Å². The number of nitrogens with zero attached hydrogens (tertiary/aromatic N) is 5. The molecule has 0 bridgehead atoms. The summed E-state index contributed by atoms with van der Waals surface area (Å²) >= 11 is 0. The third-order valence-electron chi connectivity index (χ3n) is 6.99. The van der Waals surface area contributed by atoms with Gasteiger partial charge < -0.3 is 9.80 Å². The number of hydrogen-bond acceptors (Lipinski definition) is 4. The molecule has 4 rings (SSSR count). The third-order valence-corrected chi connectivity index (χ3v) is 6.99. The molecule has 0 radical (unpaired) electrons. The van der Waals surface area contributed by atoms with Gasteiger partial charge in [-0.1, -0.05) is 0 Å². The number of aromatic nitrogens is 3. The maximum Gasteiger partial charge on any atom is 0.293 e. The Labute approximate surface area is 161 Å². The second kappa shape index (κ2) is 7.60. The zero-order valence-electron chi connectivity index (χ0n) is 16.4. The number of rotatable bonds is 3. The topological polar surface area (TPSA) is 71.3 Å². The van der Waals surface area contributed by atoms with Crippen molar-refractivity contribution < 1.29 is 9.59 Å². The molecular weight excluding hydrogens is 342 g/mol. The average Bonchev–Trinajstić information content (AvgIpc) is 3.36. The zero-order valence-corrected chi connectivity index (χ0v) is 16.4. The van der Waals surface area contributed by atoms with Crippen LogP contribution in [-0.2, 0) is 11.8 Å². The molecule has 1 aromatic rings. The number of amides is 2. The number of piperidine rings is 1. The summed E-state index contributed by atoms with van der Waals surface area (Å²) in [5.41, 5.74) is 0.377. The Morgan fingerprint density at radius 1 is 1.04 bits per heavy atom. The number of carbonyl (C=O) groups excluding carboxylic acids is 2. The van der Waals surface area contributed by atoms with E-state index < -0.39 is 0 Å². The first-order chi connectivity index (χ1) is 13.0. The smallest absolute Gasteiger partial charge is 0.293 e. The maximum atomic E-state index is 12.5. The molecule has 2 saturated heterocycles. The van der Waals surface area contributed by atoms with Crippen LogP contribution in [0.2, 0.25) is 0 Å². The predicted molar refractivity (Wildman–Crippen MR) is 101 cm³/mol. The first kappa shape index (κ1) is 18.4. The summed E-state index contributed by atoms with van der Waals surface area (Å²) < 4.78 is 1.57. The van der Waals surface area contributed by atoms with Gasteiger partial charge in [-0.15, -0.1) is 5.10 Å². The molecule has 3 fully saturated rings. The summed E-state index contributed by atoms with van der Waals surface area (Å²) in [4.78, 5) is 33.0. The van der Waals surface area contributed by atoms with E-state index in [1.165, 1.54) is 25.7 Å². The highest BCUT2D eigenvalue weighted by Gasteiger charge is 2.40. The predicted octanol–water partition coefficient (Wildman–Crippen LogP) is 2.24. The highest BCUT2D eigenvalue weighted by atomic mass is 16.2. The summed E-state index contributed by atoms with van der Waals surface area (Å²) in [5, 5.41) is 4.14. The fourth-order valence-corrected chi connectivity index (χ4v) is 5.10. The van der Waals surface area contributed by atoms with E-state index in [0.29, 0.717) is 23.1 Å². The van der Waals surface area contributed by atoms with Crippen molar-refractivity contribution in [3.63, 3.8) is 0 Å². The minimum Gasteiger partial charge on any atom is -0.343 e. The normalized spacial score (nSPS) is 23.1. The molecule has 2 aliphatic heterocycles. The number of likely N-dealkylation sites (tertiary alicyclic amines) is 2. The molecular formula is C20H31N5O2. The summed E-state index contributed by atoms with van der Waals surface area (Å²) in [7, 11) is 1.78. The van der Waals surface area contributed by atoms with Gasteiger partial charge in [-0.05, 0) is 62.7 Å². The monoisotopic (exact) mass is 373 g/mol. The average molecular weight is 374 g/mol. The Morgan fingerprint density at radius 3 is 2.30 bits per heavy atom. The lowest BCUT2D eigenvalue weighted by Crippen LogP contribution is -2.45. The molecule has 2 amide bonds. The van der Waals surface area contributed by atoms with Crippen LogP contribution in [0.5, 0.6) is 0 Å². The minimum atomic E-state index is -0.0460. The van der Waals surface area contributed by atoms with Crippen LogP contribution in [0, 0.1) is 11.3 Å². The van der Waals surface area contributed by atoms with Crippen LogP contribution in [0.4, 0.5) is 0 Å². The first-order valence-electron chi connectivity index (χ1n) is 10.5. The third kappa shape index (κ3) is 4.01. The molecule has 1 aromatic heterocycles. The molecule has 0 aromatic carbocycles. The molecule has 148 valence electrons. The fourth-order valence-electron chi connectivity index (χ4n) is 5.10. The Kier molecular flexibility index (Phi) is 5.19. The van der Waals surface area contributed by atoms with Crippen molar-refractivity contribution in [2.24, 2.45) is 18.4 Å². The molecule has 0 atom stereocenters. The van der Waals surface area contributed by atoms with Gasteiger partial charge in [0, 0.05) is 39.6 Å². The number of hydrogen-bond donors (Lipinski definition) is 0. The van der Waals surface area contributed by atoms with Crippen molar-refractivity contribution in [2.75, 3.05) is 26.2 Å². The highest BCUT2D eigenvalue weighted by Crippen LogP contribution is 2.47. The van der Waals surface area contributed by atoms with Crippen molar-refractivity contribution in [1.82, 2.24) is 24.6 Å². The fraction of sp³-hybridized carbons (Fsp3) is 0.800. The first-order valence-corrected chi connectivity index (χ1v) is 10.5. The van der Waals surface area contributed by atoms with Gasteiger partial charge in [-0.2, -0.15) is 0 Å².